The zero-order valence-corrected chi connectivity index (χ0v) is 24.5. The lowest BCUT2D eigenvalue weighted by Crippen LogP contribution is -2.26. The van der Waals surface area contributed by atoms with Crippen LogP contribution in [0.5, 0.6) is 11.5 Å². The Kier molecular flexibility index (Phi) is 5.06. The van der Waals surface area contributed by atoms with Gasteiger partial charge in [0.25, 0.3) is 0 Å². The fraction of sp³-hybridized carbons (Fsp3) is 0.189. The number of benzene rings is 4. The number of fused-ring (bicyclic) bond motifs is 6. The molecule has 1 aliphatic heterocycles. The summed E-state index contributed by atoms with van der Waals surface area (Å²) in [4.78, 5) is 9.52. The highest BCUT2D eigenvalue weighted by molar-refractivity contribution is 6.11. The Morgan fingerprint density at radius 1 is 0.714 bits per heavy atom. The molecule has 3 aromatic heterocycles. The van der Waals surface area contributed by atoms with Crippen molar-refractivity contribution in [1.82, 2.24) is 19.1 Å². The van der Waals surface area contributed by atoms with Crippen LogP contribution in [0.25, 0.3) is 44.3 Å². The van der Waals surface area contributed by atoms with E-state index in [4.69, 9.17) is 9.72 Å². The Hall–Kier alpha value is -4.90. The summed E-state index contributed by atoms with van der Waals surface area (Å²) >= 11 is 0. The van der Waals surface area contributed by atoms with Crippen LogP contribution in [0.1, 0.15) is 51.3 Å². The highest BCUT2D eigenvalue weighted by Crippen LogP contribution is 2.47. The van der Waals surface area contributed by atoms with E-state index >= 15 is 0 Å². The fourth-order valence-corrected chi connectivity index (χ4v) is 6.56. The summed E-state index contributed by atoms with van der Waals surface area (Å²) in [6.07, 6.45) is 3.78. The van der Waals surface area contributed by atoms with Crippen molar-refractivity contribution in [3.63, 3.8) is 0 Å². The van der Waals surface area contributed by atoms with E-state index < -0.39 is 0 Å². The van der Waals surface area contributed by atoms with Crippen molar-refractivity contribution in [1.29, 1.82) is 0 Å². The van der Waals surface area contributed by atoms with Gasteiger partial charge in [0.15, 0.2) is 0 Å². The first kappa shape index (κ1) is 24.9. The molecule has 4 aromatic carbocycles. The van der Waals surface area contributed by atoms with Crippen molar-refractivity contribution in [3.8, 4) is 23.0 Å². The molecule has 0 N–H and O–H groups in total. The van der Waals surface area contributed by atoms with Gasteiger partial charge in [0.2, 0.25) is 0 Å². The zero-order chi connectivity index (χ0) is 28.8. The summed E-state index contributed by atoms with van der Waals surface area (Å²) in [5.41, 5.74) is 8.92. The Bertz CT molecular complexity index is 2190. The highest BCUT2D eigenvalue weighted by atomic mass is 16.5. The second-order valence-corrected chi connectivity index (χ2v) is 12.9. The number of nitrogens with zero attached hydrogens (tertiary/aromatic N) is 4. The van der Waals surface area contributed by atoms with Crippen LogP contribution < -0.4 is 4.74 Å². The van der Waals surface area contributed by atoms with E-state index in [1.165, 1.54) is 33.0 Å². The Morgan fingerprint density at radius 3 is 2.40 bits per heavy atom. The van der Waals surface area contributed by atoms with Gasteiger partial charge in [-0.05, 0) is 59.0 Å². The highest BCUT2D eigenvalue weighted by Gasteiger charge is 2.35. The van der Waals surface area contributed by atoms with Gasteiger partial charge < -0.3 is 4.74 Å². The van der Waals surface area contributed by atoms with E-state index in [-0.39, 0.29) is 10.8 Å². The lowest BCUT2D eigenvalue weighted by Gasteiger charge is -2.33. The van der Waals surface area contributed by atoms with Crippen LogP contribution >= 0.6 is 0 Å². The molecule has 5 heteroatoms. The molecule has 7 aromatic rings. The van der Waals surface area contributed by atoms with Gasteiger partial charge in [-0.2, -0.15) is 0 Å². The van der Waals surface area contributed by atoms with Gasteiger partial charge >= 0.3 is 0 Å². The van der Waals surface area contributed by atoms with Gasteiger partial charge in [0, 0.05) is 40.1 Å². The second-order valence-electron chi connectivity index (χ2n) is 12.9. The van der Waals surface area contributed by atoms with Gasteiger partial charge in [-0.25, -0.2) is 9.97 Å². The predicted octanol–water partition coefficient (Wildman–Crippen LogP) is 9.25. The van der Waals surface area contributed by atoms with Gasteiger partial charge in [-0.1, -0.05) is 71.0 Å². The minimum atomic E-state index is -0.145. The topological polar surface area (TPSA) is 44.9 Å². The molecule has 0 saturated carbocycles. The second kappa shape index (κ2) is 8.56. The third-order valence-electron chi connectivity index (χ3n) is 8.83. The molecule has 0 aliphatic carbocycles. The lowest BCUT2D eigenvalue weighted by molar-refractivity contribution is 0.479. The molecule has 4 heterocycles. The molecular formula is C37H32N4O. The van der Waals surface area contributed by atoms with Crippen molar-refractivity contribution < 1.29 is 4.74 Å². The van der Waals surface area contributed by atoms with E-state index in [9.17, 15) is 0 Å². The Labute approximate surface area is 245 Å². The Morgan fingerprint density at radius 2 is 1.55 bits per heavy atom. The third-order valence-corrected chi connectivity index (χ3v) is 8.83. The van der Waals surface area contributed by atoms with Crippen molar-refractivity contribution in [3.05, 3.63) is 120 Å². The molecule has 5 nitrogen and oxygen atoms in total. The van der Waals surface area contributed by atoms with Crippen LogP contribution in [0.15, 0.2) is 104 Å². The quantitative estimate of drug-likeness (QED) is 0.221. The Balaban J connectivity index is 1.30. The van der Waals surface area contributed by atoms with Gasteiger partial charge in [-0.15, -0.1) is 0 Å². The summed E-state index contributed by atoms with van der Waals surface area (Å²) in [6.45, 7) is 11.3. The molecular weight excluding hydrogens is 516 g/mol. The molecule has 0 radical (unpaired) electrons. The SMILES string of the molecule is CC(C)(C)c1cc(Oc2ccc3c4cccc5c4n(c3c2)-c2ncccc2C5(C)C)cc(-n2cnc3ccccc32)c1. The van der Waals surface area contributed by atoms with E-state index in [1.807, 2.05) is 36.8 Å². The summed E-state index contributed by atoms with van der Waals surface area (Å²) in [6, 6.07) is 32.0. The smallest absolute Gasteiger partial charge is 0.141 e. The van der Waals surface area contributed by atoms with Crippen molar-refractivity contribution in [2.75, 3.05) is 0 Å². The standard InChI is InChI=1S/C37H32N4O/c1-36(2,3)23-18-24(40-22-39-31-13-6-7-14-32(31)40)20-26(19-23)42-25-15-16-27-28-10-8-11-29-34(28)41(33(27)21-25)35-30(37(29,4)5)12-9-17-38-35/h6-22H,1-5H3. The molecule has 206 valence electrons. The summed E-state index contributed by atoms with van der Waals surface area (Å²) in [7, 11) is 0. The first-order valence-electron chi connectivity index (χ1n) is 14.5. The summed E-state index contributed by atoms with van der Waals surface area (Å²) < 4.78 is 11.1. The van der Waals surface area contributed by atoms with E-state index in [0.29, 0.717) is 0 Å². The maximum Gasteiger partial charge on any atom is 0.141 e. The number of ether oxygens (including phenoxy) is 1. The van der Waals surface area contributed by atoms with E-state index in [0.717, 1.165) is 39.6 Å². The first-order chi connectivity index (χ1) is 20.2. The molecule has 1 aliphatic rings. The maximum atomic E-state index is 6.68. The van der Waals surface area contributed by atoms with Crippen molar-refractivity contribution in [2.24, 2.45) is 0 Å². The molecule has 0 bridgehead atoms. The molecule has 0 saturated heterocycles. The number of rotatable bonds is 3. The number of hydrogen-bond acceptors (Lipinski definition) is 3. The van der Waals surface area contributed by atoms with Gasteiger partial charge in [0.1, 0.15) is 23.6 Å². The minimum absolute atomic E-state index is 0.0591. The maximum absolute atomic E-state index is 6.68. The van der Waals surface area contributed by atoms with Gasteiger partial charge in [0.05, 0.1) is 27.8 Å². The molecule has 0 amide bonds. The normalized spacial score (nSPS) is 14.0. The average molecular weight is 549 g/mol. The van der Waals surface area contributed by atoms with Crippen molar-refractivity contribution >= 4 is 32.8 Å². The molecule has 0 atom stereocenters. The third kappa shape index (κ3) is 3.56. The number of aromatic nitrogens is 4. The van der Waals surface area contributed by atoms with Crippen LogP contribution in [0.2, 0.25) is 0 Å². The van der Waals surface area contributed by atoms with Crippen LogP contribution in [-0.2, 0) is 10.8 Å². The largest absolute Gasteiger partial charge is 0.457 e. The van der Waals surface area contributed by atoms with Crippen LogP contribution in [-0.4, -0.2) is 19.1 Å². The lowest BCUT2D eigenvalue weighted by atomic mass is 9.76. The monoisotopic (exact) mass is 548 g/mol. The molecule has 8 rings (SSSR count). The minimum Gasteiger partial charge on any atom is -0.457 e. The van der Waals surface area contributed by atoms with E-state index in [1.54, 1.807) is 0 Å². The van der Waals surface area contributed by atoms with Crippen LogP contribution in [0.3, 0.4) is 0 Å². The summed E-state index contributed by atoms with van der Waals surface area (Å²) in [5.74, 6) is 2.57. The number of pyridine rings is 1. The molecule has 0 unspecified atom stereocenters. The average Bonchev–Trinajstić information content (AvgIpc) is 3.55. The first-order valence-corrected chi connectivity index (χ1v) is 14.5. The zero-order valence-electron chi connectivity index (χ0n) is 24.5. The van der Waals surface area contributed by atoms with Crippen LogP contribution in [0, 0.1) is 0 Å². The number of hydrogen-bond donors (Lipinski definition) is 0. The molecule has 0 fully saturated rings. The van der Waals surface area contributed by atoms with Crippen molar-refractivity contribution in [2.45, 2.75) is 45.4 Å². The summed E-state index contributed by atoms with van der Waals surface area (Å²) in [5, 5.41) is 2.44. The fourth-order valence-electron chi connectivity index (χ4n) is 6.56. The number of para-hydroxylation sites is 3. The molecule has 0 spiro atoms. The predicted molar refractivity (Wildman–Crippen MR) is 171 cm³/mol. The van der Waals surface area contributed by atoms with Crippen LogP contribution in [0.4, 0.5) is 0 Å². The molecule has 42 heavy (non-hydrogen) atoms. The number of imidazole rings is 1. The van der Waals surface area contributed by atoms with E-state index in [2.05, 4.69) is 115 Å². The van der Waals surface area contributed by atoms with Gasteiger partial charge in [-0.3, -0.25) is 9.13 Å².